The number of aryl methyl sites for hydroxylation is 1. The van der Waals surface area contributed by atoms with Crippen LogP contribution in [0, 0.1) is 6.92 Å². The summed E-state index contributed by atoms with van der Waals surface area (Å²) in [5, 5.41) is 5.32. The molecule has 16 heavy (non-hydrogen) atoms. The second-order valence-electron chi connectivity index (χ2n) is 3.35. The molecule has 0 aliphatic heterocycles. The van der Waals surface area contributed by atoms with Gasteiger partial charge in [0.15, 0.2) is 5.16 Å². The van der Waals surface area contributed by atoms with Crippen LogP contribution >= 0.6 is 11.8 Å². The van der Waals surface area contributed by atoms with Crippen LogP contribution in [0.25, 0.3) is 0 Å². The molecule has 0 radical (unpaired) electrons. The van der Waals surface area contributed by atoms with Crippen molar-refractivity contribution in [2.75, 3.05) is 6.26 Å². The standard InChI is InChI=1S/C12H13N3S/c1-10-8-13-12(16-2)15(10)14-9-11-6-4-3-5-7-11/h3-9H,1-2H3/b14-9+. The zero-order valence-corrected chi connectivity index (χ0v) is 10.1. The number of aromatic nitrogens is 2. The maximum absolute atomic E-state index is 4.42. The van der Waals surface area contributed by atoms with Gasteiger partial charge in [0, 0.05) is 0 Å². The van der Waals surface area contributed by atoms with Crippen molar-refractivity contribution in [1.29, 1.82) is 0 Å². The topological polar surface area (TPSA) is 30.2 Å². The van der Waals surface area contributed by atoms with Crippen molar-refractivity contribution in [2.45, 2.75) is 12.1 Å². The van der Waals surface area contributed by atoms with Crippen LogP contribution in [0.2, 0.25) is 0 Å². The number of benzene rings is 1. The van der Waals surface area contributed by atoms with Gasteiger partial charge in [-0.3, -0.25) is 0 Å². The van der Waals surface area contributed by atoms with Gasteiger partial charge in [-0.15, -0.1) is 0 Å². The Balaban J connectivity index is 2.27. The summed E-state index contributed by atoms with van der Waals surface area (Å²) in [4.78, 5) is 4.26. The molecule has 0 unspecified atom stereocenters. The van der Waals surface area contributed by atoms with Gasteiger partial charge in [0.25, 0.3) is 0 Å². The molecule has 82 valence electrons. The molecular weight excluding hydrogens is 218 g/mol. The molecule has 0 bridgehead atoms. The number of hydrogen-bond donors (Lipinski definition) is 0. The summed E-state index contributed by atoms with van der Waals surface area (Å²) >= 11 is 1.59. The number of imidazole rings is 1. The smallest absolute Gasteiger partial charge is 0.188 e. The van der Waals surface area contributed by atoms with Crippen molar-refractivity contribution < 1.29 is 0 Å². The van der Waals surface area contributed by atoms with E-state index in [1.807, 2.05) is 60.6 Å². The predicted molar refractivity (Wildman–Crippen MR) is 68.2 cm³/mol. The molecule has 2 rings (SSSR count). The zero-order valence-electron chi connectivity index (χ0n) is 9.29. The first-order valence-corrected chi connectivity index (χ1v) is 6.21. The Bertz CT molecular complexity index is 488. The summed E-state index contributed by atoms with van der Waals surface area (Å²) in [6.07, 6.45) is 5.67. The lowest BCUT2D eigenvalue weighted by Gasteiger charge is -2.00. The fourth-order valence-corrected chi connectivity index (χ4v) is 1.87. The molecule has 0 aliphatic rings. The van der Waals surface area contributed by atoms with E-state index < -0.39 is 0 Å². The molecule has 2 aromatic rings. The Morgan fingerprint density at radius 3 is 2.75 bits per heavy atom. The molecule has 1 aromatic carbocycles. The fraction of sp³-hybridized carbons (Fsp3) is 0.167. The Morgan fingerprint density at radius 1 is 1.31 bits per heavy atom. The Morgan fingerprint density at radius 2 is 2.06 bits per heavy atom. The molecule has 0 atom stereocenters. The van der Waals surface area contributed by atoms with Gasteiger partial charge in [0.1, 0.15) is 0 Å². The summed E-state index contributed by atoms with van der Waals surface area (Å²) in [7, 11) is 0. The molecule has 1 heterocycles. The van der Waals surface area contributed by atoms with E-state index >= 15 is 0 Å². The second-order valence-corrected chi connectivity index (χ2v) is 4.13. The zero-order chi connectivity index (χ0) is 11.4. The average Bonchev–Trinajstić information content (AvgIpc) is 2.69. The van der Waals surface area contributed by atoms with E-state index in [9.17, 15) is 0 Å². The molecule has 1 aromatic heterocycles. The van der Waals surface area contributed by atoms with Gasteiger partial charge in [-0.2, -0.15) is 5.10 Å². The van der Waals surface area contributed by atoms with Crippen molar-refractivity contribution >= 4 is 18.0 Å². The van der Waals surface area contributed by atoms with Crippen molar-refractivity contribution in [1.82, 2.24) is 9.66 Å². The highest BCUT2D eigenvalue weighted by molar-refractivity contribution is 7.98. The highest BCUT2D eigenvalue weighted by Gasteiger charge is 2.02. The van der Waals surface area contributed by atoms with Gasteiger partial charge in [-0.05, 0) is 18.7 Å². The van der Waals surface area contributed by atoms with Crippen LogP contribution in [-0.4, -0.2) is 22.1 Å². The van der Waals surface area contributed by atoms with E-state index in [1.165, 1.54) is 0 Å². The third kappa shape index (κ3) is 2.33. The molecular formula is C12H13N3S. The number of nitrogens with zero attached hydrogens (tertiary/aromatic N) is 3. The third-order valence-electron chi connectivity index (χ3n) is 2.18. The maximum atomic E-state index is 4.42. The van der Waals surface area contributed by atoms with E-state index in [-0.39, 0.29) is 0 Å². The molecule has 0 fully saturated rings. The van der Waals surface area contributed by atoms with Gasteiger partial charge < -0.3 is 0 Å². The first-order valence-electron chi connectivity index (χ1n) is 4.99. The van der Waals surface area contributed by atoms with Gasteiger partial charge in [-0.1, -0.05) is 42.1 Å². The SMILES string of the molecule is CSc1ncc(C)n1/N=C/c1ccccc1. The van der Waals surface area contributed by atoms with Crippen LogP contribution in [0.5, 0.6) is 0 Å². The maximum Gasteiger partial charge on any atom is 0.188 e. The highest BCUT2D eigenvalue weighted by Crippen LogP contribution is 2.14. The molecule has 3 nitrogen and oxygen atoms in total. The molecule has 4 heteroatoms. The quantitative estimate of drug-likeness (QED) is 0.600. The van der Waals surface area contributed by atoms with Gasteiger partial charge >= 0.3 is 0 Å². The van der Waals surface area contributed by atoms with Gasteiger partial charge in [-0.25, -0.2) is 9.66 Å². The monoisotopic (exact) mass is 231 g/mol. The van der Waals surface area contributed by atoms with Crippen LogP contribution in [0.3, 0.4) is 0 Å². The molecule has 0 amide bonds. The minimum Gasteiger partial charge on any atom is -0.229 e. The van der Waals surface area contributed by atoms with Gasteiger partial charge in [0.05, 0.1) is 18.1 Å². The lowest BCUT2D eigenvalue weighted by molar-refractivity contribution is 0.745. The van der Waals surface area contributed by atoms with Crippen LogP contribution < -0.4 is 0 Å². The summed E-state index contributed by atoms with van der Waals surface area (Å²) in [6.45, 7) is 2.00. The van der Waals surface area contributed by atoms with Crippen LogP contribution in [0.15, 0.2) is 46.8 Å². The summed E-state index contributed by atoms with van der Waals surface area (Å²) < 4.78 is 1.84. The molecule has 0 spiro atoms. The molecule has 0 saturated heterocycles. The fourth-order valence-electron chi connectivity index (χ4n) is 1.35. The normalized spacial score (nSPS) is 11.1. The summed E-state index contributed by atoms with van der Waals surface area (Å²) in [6, 6.07) is 10.0. The number of rotatable bonds is 3. The van der Waals surface area contributed by atoms with Crippen molar-refractivity contribution in [3.63, 3.8) is 0 Å². The van der Waals surface area contributed by atoms with Crippen molar-refractivity contribution in [3.05, 3.63) is 47.8 Å². The van der Waals surface area contributed by atoms with Crippen LogP contribution in [-0.2, 0) is 0 Å². The van der Waals surface area contributed by atoms with Crippen molar-refractivity contribution in [2.24, 2.45) is 5.10 Å². The Hall–Kier alpha value is -1.55. The minimum absolute atomic E-state index is 0.907. The Labute approximate surface area is 99.2 Å². The first kappa shape index (κ1) is 11.0. The third-order valence-corrected chi connectivity index (χ3v) is 2.83. The number of thioether (sulfide) groups is 1. The first-order chi connectivity index (χ1) is 7.81. The average molecular weight is 231 g/mol. The second kappa shape index (κ2) is 4.99. The van der Waals surface area contributed by atoms with E-state index in [2.05, 4.69) is 10.1 Å². The van der Waals surface area contributed by atoms with Crippen molar-refractivity contribution in [3.8, 4) is 0 Å². The minimum atomic E-state index is 0.907. The summed E-state index contributed by atoms with van der Waals surface area (Å²) in [5.74, 6) is 0. The molecule has 0 saturated carbocycles. The lowest BCUT2D eigenvalue weighted by atomic mass is 10.2. The largest absolute Gasteiger partial charge is 0.229 e. The van der Waals surface area contributed by atoms with Crippen LogP contribution in [0.4, 0.5) is 0 Å². The predicted octanol–water partition coefficient (Wildman–Crippen LogP) is 2.80. The number of hydrogen-bond acceptors (Lipinski definition) is 3. The van der Waals surface area contributed by atoms with E-state index in [0.717, 1.165) is 16.4 Å². The van der Waals surface area contributed by atoms with Crippen LogP contribution in [0.1, 0.15) is 11.3 Å². The molecule has 0 aliphatic carbocycles. The summed E-state index contributed by atoms with van der Waals surface area (Å²) in [5.41, 5.74) is 2.12. The van der Waals surface area contributed by atoms with E-state index in [0.29, 0.717) is 0 Å². The lowest BCUT2D eigenvalue weighted by Crippen LogP contribution is -1.94. The van der Waals surface area contributed by atoms with Gasteiger partial charge in [0.2, 0.25) is 0 Å². The van der Waals surface area contributed by atoms with E-state index in [4.69, 9.17) is 0 Å². The highest BCUT2D eigenvalue weighted by atomic mass is 32.2. The van der Waals surface area contributed by atoms with E-state index in [1.54, 1.807) is 11.8 Å². The molecule has 0 N–H and O–H groups in total. The Kier molecular flexibility index (Phi) is 3.41.